The molecule has 16 heavy (non-hydrogen) atoms. The van der Waals surface area contributed by atoms with Gasteiger partial charge in [0.15, 0.2) is 0 Å². The van der Waals surface area contributed by atoms with Gasteiger partial charge in [-0.2, -0.15) is 18.3 Å². The second kappa shape index (κ2) is 3.48. The van der Waals surface area contributed by atoms with Gasteiger partial charge in [0.05, 0.1) is 17.3 Å². The van der Waals surface area contributed by atoms with E-state index in [1.165, 1.54) is 6.20 Å². The maximum atomic E-state index is 12.6. The van der Waals surface area contributed by atoms with Crippen LogP contribution in [0.15, 0.2) is 18.3 Å². The van der Waals surface area contributed by atoms with Crippen LogP contribution in [0.1, 0.15) is 24.1 Å². The predicted molar refractivity (Wildman–Crippen MR) is 53.7 cm³/mol. The van der Waals surface area contributed by atoms with Gasteiger partial charge in [-0.1, -0.05) is 0 Å². The summed E-state index contributed by atoms with van der Waals surface area (Å²) < 4.78 is 37.8. The van der Waals surface area contributed by atoms with E-state index in [1.54, 1.807) is 6.92 Å². The van der Waals surface area contributed by atoms with E-state index >= 15 is 0 Å². The van der Waals surface area contributed by atoms with E-state index in [1.807, 2.05) is 0 Å². The highest BCUT2D eigenvalue weighted by atomic mass is 19.4. The van der Waals surface area contributed by atoms with Gasteiger partial charge in [0.1, 0.15) is 0 Å². The number of fused-ring (bicyclic) bond motifs is 1. The van der Waals surface area contributed by atoms with Crippen LogP contribution in [0.5, 0.6) is 0 Å². The number of aromatic nitrogens is 2. The Morgan fingerprint density at radius 2 is 2.06 bits per heavy atom. The van der Waals surface area contributed by atoms with E-state index in [-0.39, 0.29) is 0 Å². The third-order valence-corrected chi connectivity index (χ3v) is 2.41. The molecule has 3 N–H and O–H groups in total. The number of halogens is 3. The van der Waals surface area contributed by atoms with Crippen LogP contribution in [0.3, 0.4) is 0 Å². The van der Waals surface area contributed by atoms with Crippen molar-refractivity contribution in [1.29, 1.82) is 0 Å². The molecular formula is C10H10F3N3. The molecule has 0 amide bonds. The van der Waals surface area contributed by atoms with Gasteiger partial charge in [-0.3, -0.25) is 5.10 Å². The van der Waals surface area contributed by atoms with E-state index in [9.17, 15) is 13.2 Å². The van der Waals surface area contributed by atoms with Crippen molar-refractivity contribution >= 4 is 10.9 Å². The van der Waals surface area contributed by atoms with Crippen LogP contribution in [0.4, 0.5) is 13.2 Å². The summed E-state index contributed by atoms with van der Waals surface area (Å²) in [4.78, 5) is 0. The highest BCUT2D eigenvalue weighted by Crippen LogP contribution is 2.34. The molecule has 2 aromatic rings. The predicted octanol–water partition coefficient (Wildman–Crippen LogP) is 2.60. The van der Waals surface area contributed by atoms with E-state index in [0.717, 1.165) is 12.1 Å². The van der Waals surface area contributed by atoms with E-state index in [2.05, 4.69) is 10.2 Å². The first-order valence-corrected chi connectivity index (χ1v) is 4.69. The minimum atomic E-state index is -4.37. The summed E-state index contributed by atoms with van der Waals surface area (Å²) in [6, 6.07) is 1.64. The molecule has 0 aliphatic heterocycles. The lowest BCUT2D eigenvalue weighted by Gasteiger charge is -2.12. The van der Waals surface area contributed by atoms with Gasteiger partial charge in [0.25, 0.3) is 0 Å². The number of hydrogen-bond donors (Lipinski definition) is 2. The molecule has 0 bridgehead atoms. The minimum Gasteiger partial charge on any atom is -0.324 e. The Hall–Kier alpha value is -1.56. The number of H-pyrrole nitrogens is 1. The lowest BCUT2D eigenvalue weighted by molar-refractivity contribution is -0.137. The molecular weight excluding hydrogens is 219 g/mol. The van der Waals surface area contributed by atoms with Crippen LogP contribution in [0, 0.1) is 0 Å². The third kappa shape index (κ3) is 1.76. The average Bonchev–Trinajstić information content (AvgIpc) is 2.61. The van der Waals surface area contributed by atoms with Gasteiger partial charge in [-0.25, -0.2) is 0 Å². The highest BCUT2D eigenvalue weighted by Gasteiger charge is 2.31. The van der Waals surface area contributed by atoms with Gasteiger partial charge in [0, 0.05) is 11.4 Å². The topological polar surface area (TPSA) is 54.7 Å². The summed E-state index contributed by atoms with van der Waals surface area (Å²) >= 11 is 0. The molecule has 0 saturated heterocycles. The monoisotopic (exact) mass is 229 g/mol. The maximum Gasteiger partial charge on any atom is 0.416 e. The zero-order valence-electron chi connectivity index (χ0n) is 8.47. The summed E-state index contributed by atoms with van der Waals surface area (Å²) in [6.07, 6.45) is -2.89. The second-order valence-corrected chi connectivity index (χ2v) is 3.68. The molecule has 0 aliphatic carbocycles. The number of nitrogens with two attached hydrogens (primary N) is 1. The summed E-state index contributed by atoms with van der Waals surface area (Å²) in [7, 11) is 0. The molecule has 0 unspecified atom stereocenters. The van der Waals surface area contributed by atoms with Crippen LogP contribution in [-0.4, -0.2) is 10.2 Å². The molecule has 2 rings (SSSR count). The van der Waals surface area contributed by atoms with Crippen molar-refractivity contribution in [2.75, 3.05) is 0 Å². The number of alkyl halides is 3. The van der Waals surface area contributed by atoms with Gasteiger partial charge >= 0.3 is 6.18 Å². The van der Waals surface area contributed by atoms with Crippen molar-refractivity contribution in [3.63, 3.8) is 0 Å². The first kappa shape index (κ1) is 10.9. The third-order valence-electron chi connectivity index (χ3n) is 2.41. The van der Waals surface area contributed by atoms with Crippen LogP contribution in [0.2, 0.25) is 0 Å². The first-order valence-electron chi connectivity index (χ1n) is 4.69. The molecule has 1 aromatic carbocycles. The Morgan fingerprint density at radius 1 is 1.38 bits per heavy atom. The quantitative estimate of drug-likeness (QED) is 0.789. The van der Waals surface area contributed by atoms with Crippen LogP contribution < -0.4 is 5.73 Å². The molecule has 6 heteroatoms. The summed E-state index contributed by atoms with van der Waals surface area (Å²) in [5, 5.41) is 6.87. The van der Waals surface area contributed by atoms with Crippen molar-refractivity contribution < 1.29 is 13.2 Å². The highest BCUT2D eigenvalue weighted by molar-refractivity contribution is 5.83. The Labute approximate surface area is 89.4 Å². The summed E-state index contributed by atoms with van der Waals surface area (Å²) in [6.45, 7) is 1.64. The summed E-state index contributed by atoms with van der Waals surface area (Å²) in [5.74, 6) is 0. The molecule has 86 valence electrons. The fourth-order valence-electron chi connectivity index (χ4n) is 1.62. The van der Waals surface area contributed by atoms with Gasteiger partial charge in [-0.05, 0) is 24.6 Å². The molecule has 0 aliphatic rings. The van der Waals surface area contributed by atoms with Crippen LogP contribution in [-0.2, 0) is 6.18 Å². The zero-order valence-corrected chi connectivity index (χ0v) is 8.47. The average molecular weight is 229 g/mol. The van der Waals surface area contributed by atoms with Crippen LogP contribution >= 0.6 is 0 Å². The van der Waals surface area contributed by atoms with Crippen molar-refractivity contribution in [2.45, 2.75) is 19.1 Å². The minimum absolute atomic E-state index is 0.349. The van der Waals surface area contributed by atoms with Gasteiger partial charge < -0.3 is 5.73 Å². The molecule has 1 aromatic heterocycles. The molecule has 0 saturated carbocycles. The van der Waals surface area contributed by atoms with Crippen molar-refractivity contribution in [3.05, 3.63) is 29.5 Å². The molecule has 0 spiro atoms. The van der Waals surface area contributed by atoms with E-state index in [0.29, 0.717) is 16.5 Å². The zero-order chi connectivity index (χ0) is 11.9. The molecule has 1 atom stereocenters. The normalized spacial score (nSPS) is 14.3. The van der Waals surface area contributed by atoms with Gasteiger partial charge in [0.2, 0.25) is 0 Å². The number of hydrogen-bond acceptors (Lipinski definition) is 2. The standard InChI is InChI=1S/C10H10F3N3/c1-5(14)7-2-6(10(11,12)13)3-9-8(7)4-15-16-9/h2-5H,14H2,1H3,(H,15,16)/t5-/m1/s1. The van der Waals surface area contributed by atoms with E-state index < -0.39 is 17.8 Å². The first-order chi connectivity index (χ1) is 7.39. The number of aromatic amines is 1. The molecule has 1 heterocycles. The summed E-state index contributed by atoms with van der Waals surface area (Å²) in [5.41, 5.74) is 5.72. The molecule has 0 fully saturated rings. The Balaban J connectivity index is 2.71. The molecule has 3 nitrogen and oxygen atoms in total. The maximum absolute atomic E-state index is 12.6. The largest absolute Gasteiger partial charge is 0.416 e. The van der Waals surface area contributed by atoms with Gasteiger partial charge in [-0.15, -0.1) is 0 Å². The second-order valence-electron chi connectivity index (χ2n) is 3.68. The molecule has 0 radical (unpaired) electrons. The Morgan fingerprint density at radius 3 is 2.62 bits per heavy atom. The lowest BCUT2D eigenvalue weighted by atomic mass is 10.0. The SMILES string of the molecule is C[C@@H](N)c1cc(C(F)(F)F)cc2[nH]ncc12. The lowest BCUT2D eigenvalue weighted by Crippen LogP contribution is -2.10. The Kier molecular flexibility index (Phi) is 2.38. The number of rotatable bonds is 1. The van der Waals surface area contributed by atoms with Crippen molar-refractivity contribution in [2.24, 2.45) is 5.73 Å². The number of benzene rings is 1. The fraction of sp³-hybridized carbons (Fsp3) is 0.300. The van der Waals surface area contributed by atoms with Crippen molar-refractivity contribution in [3.8, 4) is 0 Å². The van der Waals surface area contributed by atoms with Crippen molar-refractivity contribution in [1.82, 2.24) is 10.2 Å². The smallest absolute Gasteiger partial charge is 0.324 e. The number of nitrogens with zero attached hydrogens (tertiary/aromatic N) is 1. The fourth-order valence-corrected chi connectivity index (χ4v) is 1.62. The number of nitrogens with one attached hydrogen (secondary N) is 1. The van der Waals surface area contributed by atoms with Crippen LogP contribution in [0.25, 0.3) is 10.9 Å². The van der Waals surface area contributed by atoms with E-state index in [4.69, 9.17) is 5.73 Å². The Bertz CT molecular complexity index is 513.